The number of rotatable bonds is 2. The molecule has 4 rings (SSSR count). The second-order valence-electron chi connectivity index (χ2n) is 6.15. The molecule has 122 valence electrons. The molecule has 0 saturated heterocycles. The molecule has 5 nitrogen and oxygen atoms in total. The van der Waals surface area contributed by atoms with E-state index >= 15 is 0 Å². The number of hydrogen-bond donors (Lipinski definition) is 1. The number of carbonyl (C=O) groups excluding carboxylic acids is 1. The molecule has 0 bridgehead atoms. The summed E-state index contributed by atoms with van der Waals surface area (Å²) in [5.74, 6) is 1.23. The maximum atomic E-state index is 12.2. The number of nitrogens with one attached hydrogen (secondary N) is 1. The number of pyridine rings is 1. The highest BCUT2D eigenvalue weighted by Crippen LogP contribution is 2.43. The SMILES string of the molecule is CC(C)n1ncc2c1NC(=O)CS[C@H]2c1cccc2cccnc12. The minimum atomic E-state index is 0.0133. The Hall–Kier alpha value is -2.34. The molecule has 0 spiro atoms. The lowest BCUT2D eigenvalue weighted by Crippen LogP contribution is -2.17. The molecule has 6 heteroatoms. The highest BCUT2D eigenvalue weighted by Gasteiger charge is 2.29. The standard InChI is InChI=1S/C18H18N4OS/c1-11(2)22-18-14(9-20-22)17(24-10-15(23)21-18)13-7-3-5-12-6-4-8-19-16(12)13/h3-9,11,17H,10H2,1-2H3,(H,21,23)/t17-/m0/s1. The van der Waals surface area contributed by atoms with Crippen LogP contribution in [0.2, 0.25) is 0 Å². The summed E-state index contributed by atoms with van der Waals surface area (Å²) in [6, 6.07) is 10.4. The number of anilines is 1. The lowest BCUT2D eigenvalue weighted by molar-refractivity contribution is -0.113. The quantitative estimate of drug-likeness (QED) is 0.772. The number of fused-ring (bicyclic) bond motifs is 2. The van der Waals surface area contributed by atoms with E-state index in [9.17, 15) is 4.79 Å². The van der Waals surface area contributed by atoms with E-state index in [2.05, 4.69) is 47.4 Å². The largest absolute Gasteiger partial charge is 0.310 e. The first kappa shape index (κ1) is 15.2. The van der Waals surface area contributed by atoms with Crippen LogP contribution in [0.5, 0.6) is 0 Å². The Labute approximate surface area is 144 Å². The van der Waals surface area contributed by atoms with Crippen molar-refractivity contribution >= 4 is 34.4 Å². The normalized spacial score (nSPS) is 17.6. The number of hydrogen-bond acceptors (Lipinski definition) is 4. The minimum Gasteiger partial charge on any atom is -0.310 e. The summed E-state index contributed by atoms with van der Waals surface area (Å²) in [5, 5.41) is 8.66. The van der Waals surface area contributed by atoms with Gasteiger partial charge in [0.25, 0.3) is 0 Å². The number of benzene rings is 1. The molecule has 0 fully saturated rings. The zero-order valence-corrected chi connectivity index (χ0v) is 14.4. The van der Waals surface area contributed by atoms with E-state index in [1.54, 1.807) is 11.8 Å². The molecule has 1 aromatic carbocycles. The molecule has 1 aliphatic heterocycles. The van der Waals surface area contributed by atoms with Crippen LogP contribution in [0, 0.1) is 0 Å². The third-order valence-electron chi connectivity index (χ3n) is 4.18. The summed E-state index contributed by atoms with van der Waals surface area (Å²) >= 11 is 1.62. The van der Waals surface area contributed by atoms with Crippen LogP contribution in [0.4, 0.5) is 5.82 Å². The van der Waals surface area contributed by atoms with E-state index in [-0.39, 0.29) is 17.2 Å². The van der Waals surface area contributed by atoms with Crippen molar-refractivity contribution in [3.63, 3.8) is 0 Å². The topological polar surface area (TPSA) is 59.8 Å². The fraction of sp³-hybridized carbons (Fsp3) is 0.278. The van der Waals surface area contributed by atoms with Gasteiger partial charge in [0.15, 0.2) is 0 Å². The van der Waals surface area contributed by atoms with Crippen molar-refractivity contribution in [2.24, 2.45) is 0 Å². The summed E-state index contributed by atoms with van der Waals surface area (Å²) < 4.78 is 1.88. The molecular formula is C18H18N4OS. The zero-order chi connectivity index (χ0) is 16.7. The molecule has 0 aliphatic carbocycles. The van der Waals surface area contributed by atoms with Gasteiger partial charge in [-0.3, -0.25) is 9.78 Å². The van der Waals surface area contributed by atoms with E-state index in [1.165, 1.54) is 0 Å². The van der Waals surface area contributed by atoms with Gasteiger partial charge < -0.3 is 5.32 Å². The van der Waals surface area contributed by atoms with Crippen molar-refractivity contribution < 1.29 is 4.79 Å². The Bertz CT molecular complexity index is 913. The second kappa shape index (κ2) is 5.94. The van der Waals surface area contributed by atoms with Crippen LogP contribution in [0.15, 0.2) is 42.7 Å². The molecule has 1 N–H and O–H groups in total. The third-order valence-corrected chi connectivity index (χ3v) is 5.45. The first-order valence-corrected chi connectivity index (χ1v) is 9.02. The van der Waals surface area contributed by atoms with Crippen molar-refractivity contribution in [3.8, 4) is 0 Å². The van der Waals surface area contributed by atoms with Crippen LogP contribution >= 0.6 is 11.8 Å². The van der Waals surface area contributed by atoms with E-state index in [0.29, 0.717) is 5.75 Å². The molecule has 1 aliphatic rings. The van der Waals surface area contributed by atoms with Crippen molar-refractivity contribution in [1.82, 2.24) is 14.8 Å². The smallest absolute Gasteiger partial charge is 0.235 e. The number of para-hydroxylation sites is 1. The van der Waals surface area contributed by atoms with Crippen molar-refractivity contribution in [3.05, 3.63) is 53.9 Å². The highest BCUT2D eigenvalue weighted by atomic mass is 32.2. The molecule has 24 heavy (non-hydrogen) atoms. The Morgan fingerprint density at radius 2 is 2.08 bits per heavy atom. The van der Waals surface area contributed by atoms with Crippen molar-refractivity contribution in [1.29, 1.82) is 0 Å². The molecule has 0 radical (unpaired) electrons. The van der Waals surface area contributed by atoms with Gasteiger partial charge in [-0.1, -0.05) is 24.3 Å². The average Bonchev–Trinajstić information content (AvgIpc) is 2.91. The number of aromatic nitrogens is 3. The Morgan fingerprint density at radius 3 is 2.92 bits per heavy atom. The first-order valence-electron chi connectivity index (χ1n) is 7.97. The van der Waals surface area contributed by atoms with Crippen LogP contribution in [0.1, 0.15) is 36.3 Å². The Kier molecular flexibility index (Phi) is 3.76. The predicted molar refractivity (Wildman–Crippen MR) is 97.3 cm³/mol. The van der Waals surface area contributed by atoms with E-state index in [4.69, 9.17) is 0 Å². The van der Waals surface area contributed by atoms with E-state index in [1.807, 2.05) is 29.2 Å². The predicted octanol–water partition coefficient (Wildman–Crippen LogP) is 3.79. The molecule has 1 amide bonds. The van der Waals surface area contributed by atoms with Crippen LogP contribution in [0.3, 0.4) is 0 Å². The molecular weight excluding hydrogens is 320 g/mol. The van der Waals surface area contributed by atoms with E-state index < -0.39 is 0 Å². The van der Waals surface area contributed by atoms with Gasteiger partial charge in [0.1, 0.15) is 5.82 Å². The van der Waals surface area contributed by atoms with Gasteiger partial charge in [-0.25, -0.2) is 4.68 Å². The maximum absolute atomic E-state index is 12.2. The lowest BCUT2D eigenvalue weighted by Gasteiger charge is -2.16. The first-order chi connectivity index (χ1) is 11.6. The molecule has 0 unspecified atom stereocenters. The third kappa shape index (κ3) is 2.47. The number of amides is 1. The zero-order valence-electron chi connectivity index (χ0n) is 13.6. The molecule has 2 aromatic heterocycles. The highest BCUT2D eigenvalue weighted by molar-refractivity contribution is 8.00. The second-order valence-corrected chi connectivity index (χ2v) is 7.24. The summed E-state index contributed by atoms with van der Waals surface area (Å²) in [7, 11) is 0. The molecule has 1 atom stereocenters. The van der Waals surface area contributed by atoms with Crippen LogP contribution < -0.4 is 5.32 Å². The van der Waals surface area contributed by atoms with Crippen LogP contribution in [-0.2, 0) is 4.79 Å². The molecule has 3 heterocycles. The van der Waals surface area contributed by atoms with Gasteiger partial charge in [0, 0.05) is 23.2 Å². The monoisotopic (exact) mass is 338 g/mol. The van der Waals surface area contributed by atoms with Gasteiger partial charge in [-0.05, 0) is 25.5 Å². The lowest BCUT2D eigenvalue weighted by atomic mass is 10.0. The fourth-order valence-electron chi connectivity index (χ4n) is 3.10. The number of nitrogens with zero attached hydrogens (tertiary/aromatic N) is 3. The summed E-state index contributed by atoms with van der Waals surface area (Å²) in [6.07, 6.45) is 3.69. The minimum absolute atomic E-state index is 0.0133. The Morgan fingerprint density at radius 1 is 1.25 bits per heavy atom. The number of thioether (sulfide) groups is 1. The van der Waals surface area contributed by atoms with Gasteiger partial charge in [0.05, 0.1) is 22.7 Å². The van der Waals surface area contributed by atoms with Gasteiger partial charge in [0.2, 0.25) is 5.91 Å². The van der Waals surface area contributed by atoms with Gasteiger partial charge >= 0.3 is 0 Å². The van der Waals surface area contributed by atoms with Crippen LogP contribution in [0.25, 0.3) is 10.9 Å². The maximum Gasteiger partial charge on any atom is 0.235 e. The van der Waals surface area contributed by atoms with Crippen molar-refractivity contribution in [2.75, 3.05) is 11.1 Å². The van der Waals surface area contributed by atoms with E-state index in [0.717, 1.165) is 27.8 Å². The summed E-state index contributed by atoms with van der Waals surface area (Å²) in [4.78, 5) is 16.7. The van der Waals surface area contributed by atoms with Crippen LogP contribution in [-0.4, -0.2) is 26.4 Å². The molecule has 3 aromatic rings. The fourth-order valence-corrected chi connectivity index (χ4v) is 4.21. The van der Waals surface area contributed by atoms with Gasteiger partial charge in [-0.2, -0.15) is 5.10 Å². The van der Waals surface area contributed by atoms with Gasteiger partial charge in [-0.15, -0.1) is 11.8 Å². The molecule has 0 saturated carbocycles. The average molecular weight is 338 g/mol. The number of carbonyl (C=O) groups is 1. The van der Waals surface area contributed by atoms with Crippen molar-refractivity contribution in [2.45, 2.75) is 25.1 Å². The summed E-state index contributed by atoms with van der Waals surface area (Å²) in [5.41, 5.74) is 3.15. The Balaban J connectivity index is 1.91. The summed E-state index contributed by atoms with van der Waals surface area (Å²) in [6.45, 7) is 4.12.